The number of rotatable bonds is 6. The molecule has 20 heavy (non-hydrogen) atoms. The van der Waals surface area contributed by atoms with E-state index in [0.29, 0.717) is 6.42 Å². The molecule has 110 valence electrons. The molecule has 1 amide bonds. The SMILES string of the molecule is Cc1cc(CCCC(=O)NCC2=CCNCC2)c(C)s1. The first-order chi connectivity index (χ1) is 9.65. The van der Waals surface area contributed by atoms with Gasteiger partial charge >= 0.3 is 0 Å². The number of hydrogen-bond donors (Lipinski definition) is 2. The van der Waals surface area contributed by atoms with E-state index in [2.05, 4.69) is 36.6 Å². The summed E-state index contributed by atoms with van der Waals surface area (Å²) >= 11 is 1.84. The molecule has 0 aliphatic carbocycles. The molecule has 0 spiro atoms. The minimum Gasteiger partial charge on any atom is -0.352 e. The van der Waals surface area contributed by atoms with Crippen molar-refractivity contribution in [3.05, 3.63) is 33.0 Å². The average molecular weight is 292 g/mol. The zero-order valence-electron chi connectivity index (χ0n) is 12.4. The Morgan fingerprint density at radius 1 is 1.45 bits per heavy atom. The van der Waals surface area contributed by atoms with Gasteiger partial charge in [0.1, 0.15) is 0 Å². The number of aryl methyl sites for hydroxylation is 3. The fraction of sp³-hybridized carbons (Fsp3) is 0.562. The molecule has 2 rings (SSSR count). The lowest BCUT2D eigenvalue weighted by Gasteiger charge is -2.14. The van der Waals surface area contributed by atoms with Gasteiger partial charge in [-0.1, -0.05) is 11.6 Å². The first-order valence-electron chi connectivity index (χ1n) is 7.36. The largest absolute Gasteiger partial charge is 0.352 e. The van der Waals surface area contributed by atoms with E-state index in [0.717, 1.165) is 38.9 Å². The normalized spacial score (nSPS) is 15.0. The third-order valence-electron chi connectivity index (χ3n) is 3.66. The number of carbonyl (C=O) groups is 1. The lowest BCUT2D eigenvalue weighted by Crippen LogP contribution is -2.29. The van der Waals surface area contributed by atoms with Gasteiger partial charge in [0, 0.05) is 29.3 Å². The highest BCUT2D eigenvalue weighted by molar-refractivity contribution is 7.12. The van der Waals surface area contributed by atoms with Crippen molar-refractivity contribution in [2.75, 3.05) is 19.6 Å². The van der Waals surface area contributed by atoms with Crippen LogP contribution in [0.4, 0.5) is 0 Å². The van der Waals surface area contributed by atoms with Gasteiger partial charge in [-0.25, -0.2) is 0 Å². The van der Waals surface area contributed by atoms with Crippen LogP contribution in [0.1, 0.15) is 34.6 Å². The number of hydrogen-bond acceptors (Lipinski definition) is 3. The number of amides is 1. The molecule has 1 aliphatic rings. The number of carbonyl (C=O) groups excluding carboxylic acids is 1. The second kappa shape index (κ2) is 7.60. The molecule has 0 fully saturated rings. The van der Waals surface area contributed by atoms with Crippen LogP contribution >= 0.6 is 11.3 Å². The predicted octanol–water partition coefficient (Wildman–Crippen LogP) is 2.72. The first kappa shape index (κ1) is 15.3. The van der Waals surface area contributed by atoms with Crippen LogP contribution in [0.15, 0.2) is 17.7 Å². The zero-order valence-corrected chi connectivity index (χ0v) is 13.2. The molecule has 1 aromatic heterocycles. The van der Waals surface area contributed by atoms with E-state index in [4.69, 9.17) is 0 Å². The van der Waals surface area contributed by atoms with Gasteiger partial charge in [-0.15, -0.1) is 11.3 Å². The molecule has 3 nitrogen and oxygen atoms in total. The summed E-state index contributed by atoms with van der Waals surface area (Å²) in [6, 6.07) is 2.25. The summed E-state index contributed by atoms with van der Waals surface area (Å²) in [5.74, 6) is 0.175. The van der Waals surface area contributed by atoms with Gasteiger partial charge < -0.3 is 10.6 Å². The van der Waals surface area contributed by atoms with Crippen molar-refractivity contribution in [3.8, 4) is 0 Å². The highest BCUT2D eigenvalue weighted by Crippen LogP contribution is 2.22. The van der Waals surface area contributed by atoms with E-state index in [-0.39, 0.29) is 5.91 Å². The topological polar surface area (TPSA) is 41.1 Å². The molecule has 0 unspecified atom stereocenters. The van der Waals surface area contributed by atoms with Crippen LogP contribution in [0.2, 0.25) is 0 Å². The van der Waals surface area contributed by atoms with Gasteiger partial charge in [0.15, 0.2) is 0 Å². The minimum atomic E-state index is 0.175. The molecule has 0 radical (unpaired) electrons. The van der Waals surface area contributed by atoms with Crippen LogP contribution < -0.4 is 10.6 Å². The van der Waals surface area contributed by atoms with Gasteiger partial charge in [0.05, 0.1) is 0 Å². The lowest BCUT2D eigenvalue weighted by molar-refractivity contribution is -0.121. The van der Waals surface area contributed by atoms with E-state index in [9.17, 15) is 4.79 Å². The van der Waals surface area contributed by atoms with Gasteiger partial charge in [-0.3, -0.25) is 4.79 Å². The van der Waals surface area contributed by atoms with Crippen molar-refractivity contribution >= 4 is 17.2 Å². The molecule has 1 aromatic rings. The summed E-state index contributed by atoms with van der Waals surface area (Å²) in [6.07, 6.45) is 5.80. The average Bonchev–Trinajstić information content (AvgIpc) is 2.76. The van der Waals surface area contributed by atoms with Gasteiger partial charge in [0.25, 0.3) is 0 Å². The molecule has 2 N–H and O–H groups in total. The van der Waals surface area contributed by atoms with Crippen LogP contribution in [0.3, 0.4) is 0 Å². The summed E-state index contributed by atoms with van der Waals surface area (Å²) < 4.78 is 0. The maximum Gasteiger partial charge on any atom is 0.220 e. The van der Waals surface area contributed by atoms with E-state index in [1.54, 1.807) is 0 Å². The van der Waals surface area contributed by atoms with E-state index in [1.165, 1.54) is 20.9 Å². The second-order valence-electron chi connectivity index (χ2n) is 5.39. The van der Waals surface area contributed by atoms with Crippen LogP contribution in [0.25, 0.3) is 0 Å². The summed E-state index contributed by atoms with van der Waals surface area (Å²) in [5, 5.41) is 6.30. The maximum atomic E-state index is 11.8. The third-order valence-corrected chi connectivity index (χ3v) is 4.67. The predicted molar refractivity (Wildman–Crippen MR) is 85.3 cm³/mol. The van der Waals surface area contributed by atoms with E-state index >= 15 is 0 Å². The fourth-order valence-corrected chi connectivity index (χ4v) is 3.48. The zero-order chi connectivity index (χ0) is 14.4. The van der Waals surface area contributed by atoms with Gasteiger partial charge in [0.2, 0.25) is 5.91 Å². The summed E-state index contributed by atoms with van der Waals surface area (Å²) in [7, 11) is 0. The lowest BCUT2D eigenvalue weighted by atomic mass is 10.1. The van der Waals surface area contributed by atoms with Crippen molar-refractivity contribution in [1.82, 2.24) is 10.6 Å². The maximum absolute atomic E-state index is 11.8. The van der Waals surface area contributed by atoms with Crippen LogP contribution in [-0.2, 0) is 11.2 Å². The molecule has 0 saturated carbocycles. The Morgan fingerprint density at radius 3 is 2.95 bits per heavy atom. The van der Waals surface area contributed by atoms with Crippen LogP contribution in [0.5, 0.6) is 0 Å². The number of nitrogens with one attached hydrogen (secondary N) is 2. The Kier molecular flexibility index (Phi) is 5.80. The standard InChI is InChI=1S/C16H24N2OS/c1-12-10-15(13(2)20-12)4-3-5-16(19)18-11-14-6-8-17-9-7-14/h6,10,17H,3-5,7-9,11H2,1-2H3,(H,18,19). The highest BCUT2D eigenvalue weighted by atomic mass is 32.1. The van der Waals surface area contributed by atoms with Crippen molar-refractivity contribution in [2.45, 2.75) is 39.5 Å². The molecule has 4 heteroatoms. The first-order valence-corrected chi connectivity index (χ1v) is 8.18. The molecule has 2 heterocycles. The number of thiophene rings is 1. The van der Waals surface area contributed by atoms with Crippen LogP contribution in [-0.4, -0.2) is 25.5 Å². The molecule has 0 aromatic carbocycles. The third kappa shape index (κ3) is 4.76. The second-order valence-corrected chi connectivity index (χ2v) is 6.85. The van der Waals surface area contributed by atoms with E-state index in [1.807, 2.05) is 11.3 Å². The Labute approximate surface area is 125 Å². The van der Waals surface area contributed by atoms with E-state index < -0.39 is 0 Å². The molecular formula is C16H24N2OS. The minimum absolute atomic E-state index is 0.175. The quantitative estimate of drug-likeness (QED) is 0.792. The molecule has 0 saturated heterocycles. The Hall–Kier alpha value is -1.13. The van der Waals surface area contributed by atoms with Gasteiger partial charge in [-0.05, 0) is 51.3 Å². The Morgan fingerprint density at radius 2 is 2.30 bits per heavy atom. The monoisotopic (exact) mass is 292 g/mol. The molecule has 0 atom stereocenters. The molecule has 0 bridgehead atoms. The van der Waals surface area contributed by atoms with Crippen molar-refractivity contribution in [2.24, 2.45) is 0 Å². The van der Waals surface area contributed by atoms with Gasteiger partial charge in [-0.2, -0.15) is 0 Å². The smallest absolute Gasteiger partial charge is 0.220 e. The molecule has 1 aliphatic heterocycles. The Balaban J connectivity index is 1.65. The molecular weight excluding hydrogens is 268 g/mol. The fourth-order valence-electron chi connectivity index (χ4n) is 2.50. The van der Waals surface area contributed by atoms with Crippen molar-refractivity contribution in [3.63, 3.8) is 0 Å². The summed E-state index contributed by atoms with van der Waals surface area (Å²) in [5.41, 5.74) is 2.75. The van der Waals surface area contributed by atoms with Crippen molar-refractivity contribution in [1.29, 1.82) is 0 Å². The Bertz CT molecular complexity index is 491. The summed E-state index contributed by atoms with van der Waals surface area (Å²) in [4.78, 5) is 14.6. The summed E-state index contributed by atoms with van der Waals surface area (Å²) in [6.45, 7) is 6.98. The van der Waals surface area contributed by atoms with Crippen molar-refractivity contribution < 1.29 is 4.79 Å². The highest BCUT2D eigenvalue weighted by Gasteiger charge is 2.07. The van der Waals surface area contributed by atoms with Crippen LogP contribution in [0, 0.1) is 13.8 Å².